The number of carbonyl (C=O) groups is 2. The summed E-state index contributed by atoms with van der Waals surface area (Å²) in [5.41, 5.74) is 3.59. The van der Waals surface area contributed by atoms with Crippen molar-refractivity contribution in [2.75, 3.05) is 18.4 Å². The highest BCUT2D eigenvalue weighted by molar-refractivity contribution is 6.38. The largest absolute Gasteiger partial charge is 0.444 e. The van der Waals surface area contributed by atoms with Crippen LogP contribution in [-0.2, 0) is 4.74 Å². The molecular formula is C28H32BN3O3. The molecule has 7 heteroatoms. The molecule has 2 N–H and O–H groups in total. The van der Waals surface area contributed by atoms with Crippen molar-refractivity contribution >= 4 is 41.8 Å². The first-order valence-electron chi connectivity index (χ1n) is 11.9. The first-order valence-corrected chi connectivity index (χ1v) is 11.9. The molecule has 3 aromatic carbocycles. The maximum absolute atomic E-state index is 13.2. The minimum Gasteiger partial charge on any atom is -0.444 e. The van der Waals surface area contributed by atoms with Crippen LogP contribution in [-0.4, -0.2) is 49.5 Å². The van der Waals surface area contributed by atoms with Crippen LogP contribution in [0, 0.1) is 6.92 Å². The number of amides is 2. The standard InChI is InChI=1S/C28H32BN3O3/c1-17-10-11-19(31-20-15-32(16-20)27(34)35-28(3,4)5)14-24(17)26(33)30-18(2)21-12-13-25(29)23-9-7-6-8-22(21)23/h6-14,18,20,31H,15-16H2,1-5H3,(H,30,33)/t18-/m1/s1. The summed E-state index contributed by atoms with van der Waals surface area (Å²) < 4.78 is 5.41. The molecule has 0 saturated carbocycles. The molecule has 4 rings (SSSR count). The van der Waals surface area contributed by atoms with Crippen molar-refractivity contribution in [3.8, 4) is 0 Å². The molecule has 6 nitrogen and oxygen atoms in total. The molecule has 1 saturated heterocycles. The van der Waals surface area contributed by atoms with E-state index in [1.807, 2.05) is 89.2 Å². The summed E-state index contributed by atoms with van der Waals surface area (Å²) in [7, 11) is 6.14. The third kappa shape index (κ3) is 5.61. The summed E-state index contributed by atoms with van der Waals surface area (Å²) in [4.78, 5) is 27.0. The Bertz CT molecular complexity index is 1260. The van der Waals surface area contributed by atoms with Gasteiger partial charge in [0.25, 0.3) is 5.91 Å². The molecule has 0 unspecified atom stereocenters. The Labute approximate surface area is 208 Å². The summed E-state index contributed by atoms with van der Waals surface area (Å²) in [5.74, 6) is -0.136. The minimum atomic E-state index is -0.509. The lowest BCUT2D eigenvalue weighted by atomic mass is 9.87. The van der Waals surface area contributed by atoms with Gasteiger partial charge in [-0.2, -0.15) is 0 Å². The van der Waals surface area contributed by atoms with Crippen molar-refractivity contribution in [2.45, 2.75) is 52.3 Å². The Morgan fingerprint density at radius 1 is 1.06 bits per heavy atom. The normalized spacial score (nSPS) is 14.8. The molecule has 1 fully saturated rings. The van der Waals surface area contributed by atoms with Crippen molar-refractivity contribution in [2.24, 2.45) is 0 Å². The molecule has 0 spiro atoms. The van der Waals surface area contributed by atoms with E-state index < -0.39 is 5.60 Å². The molecule has 3 aromatic rings. The van der Waals surface area contributed by atoms with Crippen molar-refractivity contribution in [3.05, 3.63) is 71.3 Å². The Morgan fingerprint density at radius 2 is 1.74 bits per heavy atom. The van der Waals surface area contributed by atoms with Crippen LogP contribution in [0.25, 0.3) is 10.8 Å². The second-order valence-corrected chi connectivity index (χ2v) is 10.2. The lowest BCUT2D eigenvalue weighted by molar-refractivity contribution is 0.0105. The van der Waals surface area contributed by atoms with Gasteiger partial charge in [0.05, 0.1) is 12.1 Å². The van der Waals surface area contributed by atoms with E-state index in [2.05, 4.69) is 10.6 Å². The number of likely N-dealkylation sites (tertiary alicyclic amines) is 1. The van der Waals surface area contributed by atoms with E-state index in [0.717, 1.165) is 33.0 Å². The Morgan fingerprint density at radius 3 is 2.43 bits per heavy atom. The number of hydrogen-bond acceptors (Lipinski definition) is 4. The summed E-state index contributed by atoms with van der Waals surface area (Å²) in [6, 6.07) is 17.5. The van der Waals surface area contributed by atoms with Gasteiger partial charge in [-0.25, -0.2) is 4.79 Å². The zero-order valence-electron chi connectivity index (χ0n) is 21.0. The molecule has 1 heterocycles. The lowest BCUT2D eigenvalue weighted by Crippen LogP contribution is -2.57. The van der Waals surface area contributed by atoms with Crippen LogP contribution in [0.3, 0.4) is 0 Å². The number of benzene rings is 3. The minimum absolute atomic E-state index is 0.112. The molecule has 1 aliphatic heterocycles. The summed E-state index contributed by atoms with van der Waals surface area (Å²) in [6.07, 6.45) is -0.302. The molecule has 35 heavy (non-hydrogen) atoms. The molecule has 0 aromatic heterocycles. The second-order valence-electron chi connectivity index (χ2n) is 10.2. The van der Waals surface area contributed by atoms with Gasteiger partial charge in [-0.3, -0.25) is 4.79 Å². The van der Waals surface area contributed by atoms with Gasteiger partial charge < -0.3 is 20.3 Å². The van der Waals surface area contributed by atoms with Gasteiger partial charge in [0.15, 0.2) is 0 Å². The quantitative estimate of drug-likeness (QED) is 0.542. The zero-order chi connectivity index (χ0) is 25.3. The SMILES string of the molecule is [B]c1ccc([C@@H](C)NC(=O)c2cc(NC3CN(C(=O)OC(C)(C)C)C3)ccc2C)c2ccccc12. The fourth-order valence-corrected chi connectivity index (χ4v) is 4.31. The number of carbonyl (C=O) groups excluding carboxylic acids is 2. The van der Waals surface area contributed by atoms with Crippen LogP contribution in [0.4, 0.5) is 10.5 Å². The first kappa shape index (κ1) is 24.6. The van der Waals surface area contributed by atoms with E-state index in [1.165, 1.54) is 0 Å². The van der Waals surface area contributed by atoms with Gasteiger partial charge in [0.1, 0.15) is 13.4 Å². The molecule has 2 amide bonds. The predicted molar refractivity (Wildman–Crippen MR) is 142 cm³/mol. The van der Waals surface area contributed by atoms with Crippen LogP contribution >= 0.6 is 0 Å². The van der Waals surface area contributed by atoms with Gasteiger partial charge in [-0.05, 0) is 68.7 Å². The number of hydrogen-bond donors (Lipinski definition) is 2. The number of nitrogens with one attached hydrogen (secondary N) is 2. The highest BCUT2D eigenvalue weighted by atomic mass is 16.6. The van der Waals surface area contributed by atoms with E-state index in [0.29, 0.717) is 18.7 Å². The van der Waals surface area contributed by atoms with Crippen LogP contribution in [0.1, 0.15) is 55.2 Å². The van der Waals surface area contributed by atoms with Gasteiger partial charge >= 0.3 is 6.09 Å². The zero-order valence-corrected chi connectivity index (χ0v) is 21.0. The Balaban J connectivity index is 1.42. The Kier molecular flexibility index (Phi) is 6.79. The van der Waals surface area contributed by atoms with E-state index in [-0.39, 0.29) is 24.1 Å². The number of rotatable bonds is 5. The van der Waals surface area contributed by atoms with Crippen LogP contribution < -0.4 is 16.1 Å². The summed E-state index contributed by atoms with van der Waals surface area (Å²) >= 11 is 0. The summed E-state index contributed by atoms with van der Waals surface area (Å²) in [6.45, 7) is 10.6. The first-order chi connectivity index (χ1) is 16.5. The lowest BCUT2D eigenvalue weighted by Gasteiger charge is -2.40. The molecule has 2 radical (unpaired) electrons. The number of ether oxygens (including phenoxy) is 1. The maximum Gasteiger partial charge on any atom is 0.410 e. The molecule has 0 bridgehead atoms. The molecular weight excluding hydrogens is 437 g/mol. The van der Waals surface area contributed by atoms with E-state index in [9.17, 15) is 9.59 Å². The average Bonchev–Trinajstić information content (AvgIpc) is 2.76. The van der Waals surface area contributed by atoms with E-state index >= 15 is 0 Å². The van der Waals surface area contributed by atoms with Crippen molar-refractivity contribution in [3.63, 3.8) is 0 Å². The molecule has 1 atom stereocenters. The van der Waals surface area contributed by atoms with E-state index in [4.69, 9.17) is 12.6 Å². The third-order valence-corrected chi connectivity index (χ3v) is 6.19. The number of aryl methyl sites for hydroxylation is 1. The van der Waals surface area contributed by atoms with Gasteiger partial charge in [0.2, 0.25) is 0 Å². The van der Waals surface area contributed by atoms with Gasteiger partial charge in [0, 0.05) is 24.3 Å². The Hall–Kier alpha value is -3.48. The predicted octanol–water partition coefficient (Wildman–Crippen LogP) is 4.46. The second kappa shape index (κ2) is 9.64. The monoisotopic (exact) mass is 469 g/mol. The van der Waals surface area contributed by atoms with Crippen molar-refractivity contribution in [1.82, 2.24) is 10.2 Å². The average molecular weight is 469 g/mol. The highest BCUT2D eigenvalue weighted by Gasteiger charge is 2.33. The molecule has 180 valence electrons. The van der Waals surface area contributed by atoms with Gasteiger partial charge in [-0.1, -0.05) is 47.9 Å². The van der Waals surface area contributed by atoms with Crippen LogP contribution in [0.5, 0.6) is 0 Å². The fourth-order valence-electron chi connectivity index (χ4n) is 4.31. The molecule has 1 aliphatic rings. The van der Waals surface area contributed by atoms with Crippen LogP contribution in [0.15, 0.2) is 54.6 Å². The third-order valence-electron chi connectivity index (χ3n) is 6.19. The fraction of sp³-hybridized carbons (Fsp3) is 0.357. The number of nitrogens with zero attached hydrogens (tertiary/aromatic N) is 1. The number of fused-ring (bicyclic) bond motifs is 1. The van der Waals surface area contributed by atoms with Gasteiger partial charge in [-0.15, -0.1) is 0 Å². The maximum atomic E-state index is 13.2. The van der Waals surface area contributed by atoms with Crippen molar-refractivity contribution < 1.29 is 14.3 Å². The number of anilines is 1. The topological polar surface area (TPSA) is 70.7 Å². The smallest absolute Gasteiger partial charge is 0.410 e. The van der Waals surface area contributed by atoms with E-state index in [1.54, 1.807) is 4.90 Å². The van der Waals surface area contributed by atoms with Crippen LogP contribution in [0.2, 0.25) is 0 Å². The summed E-state index contributed by atoms with van der Waals surface area (Å²) in [5, 5.41) is 8.58. The molecule has 0 aliphatic carbocycles. The van der Waals surface area contributed by atoms with Crippen molar-refractivity contribution in [1.29, 1.82) is 0 Å². The highest BCUT2D eigenvalue weighted by Crippen LogP contribution is 2.25.